The highest BCUT2D eigenvalue weighted by Crippen LogP contribution is 2.47. The topological polar surface area (TPSA) is 96.9 Å². The maximum Gasteiger partial charge on any atom is 0.417 e. The minimum Gasteiger partial charge on any atom is -0.444 e. The number of nitrogens with one attached hydrogen (secondary N) is 1. The van der Waals surface area contributed by atoms with E-state index in [2.05, 4.69) is 15.3 Å². The summed E-state index contributed by atoms with van der Waals surface area (Å²) in [6.45, 7) is 10.2. The van der Waals surface area contributed by atoms with Crippen molar-refractivity contribution in [3.8, 4) is 11.1 Å². The third kappa shape index (κ3) is 6.79. The zero-order chi connectivity index (χ0) is 35.8. The fourth-order valence-electron chi connectivity index (χ4n) is 6.39. The Bertz CT molecular complexity index is 1970. The van der Waals surface area contributed by atoms with Crippen LogP contribution < -0.4 is 10.2 Å². The summed E-state index contributed by atoms with van der Waals surface area (Å²) < 4.78 is 103. The van der Waals surface area contributed by atoms with E-state index in [0.29, 0.717) is 18.9 Å². The number of carbonyl (C=O) groups is 2. The highest BCUT2D eigenvalue weighted by molar-refractivity contribution is 7.23. The highest BCUT2D eigenvalue weighted by Gasteiger charge is 2.46. The molecule has 2 atom stereocenters. The SMILES string of the molecule is CC(C)(C)OC(=O)Nc1cc2c(-c3c(C(F)(F)F)cc4c(N5C[C@H]6CC[C@@H](C5)N6C(=O)OC(C)(C)C)nc(F)nc4c3F)c(F)ccc2s1. The Balaban J connectivity index is 1.46. The maximum absolute atomic E-state index is 16.6. The number of ether oxygens (including phenoxy) is 2. The molecule has 0 saturated carbocycles. The predicted molar refractivity (Wildman–Crippen MR) is 172 cm³/mol. The Morgan fingerprint density at radius 1 is 0.878 bits per heavy atom. The molecule has 2 amide bonds. The van der Waals surface area contributed by atoms with E-state index in [1.807, 2.05) is 0 Å². The number of fused-ring (bicyclic) bond motifs is 4. The molecule has 4 aromatic rings. The second kappa shape index (κ2) is 11.9. The van der Waals surface area contributed by atoms with Gasteiger partial charge in [-0.25, -0.2) is 18.4 Å². The zero-order valence-corrected chi connectivity index (χ0v) is 28.2. The zero-order valence-electron chi connectivity index (χ0n) is 27.4. The molecule has 4 heterocycles. The number of halogens is 6. The van der Waals surface area contributed by atoms with Crippen LogP contribution in [-0.2, 0) is 15.7 Å². The normalized spacial score (nSPS) is 18.4. The van der Waals surface area contributed by atoms with Gasteiger partial charge in [-0.2, -0.15) is 27.5 Å². The van der Waals surface area contributed by atoms with Crippen LogP contribution in [0.4, 0.5) is 46.8 Å². The molecule has 2 aromatic heterocycles. The summed E-state index contributed by atoms with van der Waals surface area (Å²) in [5.74, 6) is -3.05. The smallest absolute Gasteiger partial charge is 0.417 e. The Morgan fingerprint density at radius 3 is 2.10 bits per heavy atom. The van der Waals surface area contributed by atoms with Gasteiger partial charge in [-0.15, -0.1) is 11.3 Å². The van der Waals surface area contributed by atoms with Gasteiger partial charge in [-0.1, -0.05) is 0 Å². The van der Waals surface area contributed by atoms with Crippen molar-refractivity contribution in [1.82, 2.24) is 14.9 Å². The van der Waals surface area contributed by atoms with Gasteiger partial charge in [-0.05, 0) is 78.6 Å². The van der Waals surface area contributed by atoms with Gasteiger partial charge in [0.15, 0.2) is 5.82 Å². The lowest BCUT2D eigenvalue weighted by Gasteiger charge is -2.42. The largest absolute Gasteiger partial charge is 0.444 e. The fraction of sp³-hybridized carbons (Fsp3) is 0.455. The molecular weight excluding hydrogens is 676 g/mol. The van der Waals surface area contributed by atoms with E-state index in [0.717, 1.165) is 17.4 Å². The van der Waals surface area contributed by atoms with Crippen LogP contribution in [0.15, 0.2) is 24.3 Å². The molecule has 16 heteroatoms. The van der Waals surface area contributed by atoms with E-state index in [1.165, 1.54) is 17.0 Å². The van der Waals surface area contributed by atoms with E-state index < -0.39 is 87.0 Å². The van der Waals surface area contributed by atoms with E-state index in [-0.39, 0.29) is 34.0 Å². The Kier molecular flexibility index (Phi) is 8.39. The maximum atomic E-state index is 16.6. The number of aromatic nitrogens is 2. The molecule has 1 N–H and O–H groups in total. The summed E-state index contributed by atoms with van der Waals surface area (Å²) in [6, 6.07) is 3.17. The van der Waals surface area contributed by atoms with Crippen LogP contribution in [0.5, 0.6) is 0 Å². The first-order valence-corrected chi connectivity index (χ1v) is 16.3. The van der Waals surface area contributed by atoms with Gasteiger partial charge >= 0.3 is 24.4 Å². The Morgan fingerprint density at radius 2 is 1.51 bits per heavy atom. The van der Waals surface area contributed by atoms with Gasteiger partial charge in [0.05, 0.1) is 22.6 Å². The number of nitrogens with zero attached hydrogens (tertiary/aromatic N) is 4. The first-order chi connectivity index (χ1) is 22.7. The average Bonchev–Trinajstić information content (AvgIpc) is 3.47. The summed E-state index contributed by atoms with van der Waals surface area (Å²) in [5, 5.41) is 2.04. The van der Waals surface area contributed by atoms with Gasteiger partial charge in [-0.3, -0.25) is 10.2 Å². The van der Waals surface area contributed by atoms with Crippen molar-refractivity contribution < 1.29 is 45.4 Å². The third-order valence-corrected chi connectivity index (χ3v) is 9.11. The third-order valence-electron chi connectivity index (χ3n) is 8.10. The van der Waals surface area contributed by atoms with Crippen molar-refractivity contribution in [2.24, 2.45) is 0 Å². The second-order valence-electron chi connectivity index (χ2n) is 14.1. The van der Waals surface area contributed by atoms with Gasteiger partial charge < -0.3 is 14.4 Å². The summed E-state index contributed by atoms with van der Waals surface area (Å²) >= 11 is 0.915. The number of rotatable bonds is 3. The van der Waals surface area contributed by atoms with Crippen molar-refractivity contribution in [3.63, 3.8) is 0 Å². The summed E-state index contributed by atoms with van der Waals surface area (Å²) in [7, 11) is 0. The molecule has 9 nitrogen and oxygen atoms in total. The molecule has 0 spiro atoms. The molecule has 2 bridgehead atoms. The van der Waals surface area contributed by atoms with Crippen molar-refractivity contribution in [2.45, 2.75) is 83.8 Å². The van der Waals surface area contributed by atoms with E-state index in [9.17, 15) is 22.8 Å². The van der Waals surface area contributed by atoms with Crippen molar-refractivity contribution in [3.05, 3.63) is 47.5 Å². The van der Waals surface area contributed by atoms with Gasteiger partial charge in [0.25, 0.3) is 0 Å². The van der Waals surface area contributed by atoms with Crippen molar-refractivity contribution in [1.29, 1.82) is 0 Å². The lowest BCUT2D eigenvalue weighted by Crippen LogP contribution is -2.57. The standard InChI is InChI=1S/C33H33F6N5O4S/c1-31(2,3)47-29(45)40-22-12-17-21(49-22)10-9-20(34)23(17)24-19(33(37,38)39)11-18-26(25(24)35)41-28(36)42-27(18)43-13-15-7-8-16(14-43)44(15)30(46)48-32(4,5)6/h9-12,15-16H,7-8,13-14H2,1-6H3,(H,40,45)/t15-,16+. The molecule has 2 aliphatic heterocycles. The molecule has 2 aromatic carbocycles. The highest BCUT2D eigenvalue weighted by atomic mass is 32.1. The predicted octanol–water partition coefficient (Wildman–Crippen LogP) is 8.88. The van der Waals surface area contributed by atoms with E-state index >= 15 is 13.2 Å². The van der Waals surface area contributed by atoms with Gasteiger partial charge in [0.1, 0.15) is 28.4 Å². The quantitative estimate of drug-likeness (QED) is 0.168. The van der Waals surface area contributed by atoms with Crippen LogP contribution in [0.25, 0.3) is 32.1 Å². The van der Waals surface area contributed by atoms with E-state index in [1.54, 1.807) is 46.4 Å². The molecule has 262 valence electrons. The van der Waals surface area contributed by atoms with Gasteiger partial charge in [0, 0.05) is 39.7 Å². The molecule has 2 aliphatic rings. The van der Waals surface area contributed by atoms with Crippen LogP contribution in [-0.4, -0.2) is 63.4 Å². The number of alkyl halides is 3. The average molecular weight is 710 g/mol. The molecule has 2 saturated heterocycles. The molecular formula is C33H33F6N5O4S. The van der Waals surface area contributed by atoms with Crippen molar-refractivity contribution >= 4 is 55.3 Å². The van der Waals surface area contributed by atoms with Crippen LogP contribution >= 0.6 is 11.3 Å². The van der Waals surface area contributed by atoms with Crippen LogP contribution in [0.2, 0.25) is 0 Å². The second-order valence-corrected chi connectivity index (χ2v) is 15.2. The lowest BCUT2D eigenvalue weighted by atomic mass is 9.93. The van der Waals surface area contributed by atoms with Crippen molar-refractivity contribution in [2.75, 3.05) is 23.3 Å². The molecule has 49 heavy (non-hydrogen) atoms. The summed E-state index contributed by atoms with van der Waals surface area (Å²) in [5.41, 5.74) is -5.80. The number of hydrogen-bond donors (Lipinski definition) is 1. The minimum absolute atomic E-state index is 0.0717. The number of thiophene rings is 1. The number of carbonyl (C=O) groups excluding carboxylic acids is 2. The summed E-state index contributed by atoms with van der Waals surface area (Å²) in [4.78, 5) is 35.8. The number of amides is 2. The van der Waals surface area contributed by atoms with Crippen LogP contribution in [0.3, 0.4) is 0 Å². The molecule has 0 aliphatic carbocycles. The lowest BCUT2D eigenvalue weighted by molar-refractivity contribution is -0.137. The van der Waals surface area contributed by atoms with E-state index in [4.69, 9.17) is 9.47 Å². The first-order valence-electron chi connectivity index (χ1n) is 15.5. The molecule has 0 radical (unpaired) electrons. The Labute approximate surface area is 281 Å². The minimum atomic E-state index is -5.20. The molecule has 0 unspecified atom stereocenters. The number of anilines is 2. The first kappa shape index (κ1) is 34.5. The number of hydrogen-bond acceptors (Lipinski definition) is 8. The van der Waals surface area contributed by atoms with Crippen LogP contribution in [0.1, 0.15) is 59.9 Å². The fourth-order valence-corrected chi connectivity index (χ4v) is 7.34. The molecule has 2 fully saturated rings. The monoisotopic (exact) mass is 709 g/mol. The van der Waals surface area contributed by atoms with Gasteiger partial charge in [0.2, 0.25) is 0 Å². The Hall–Kier alpha value is -4.34. The number of benzene rings is 2. The van der Waals surface area contributed by atoms with Crippen LogP contribution in [0, 0.1) is 17.7 Å². The summed E-state index contributed by atoms with van der Waals surface area (Å²) in [6.07, 6.45) is -6.87. The number of piperazine rings is 1. The molecule has 6 rings (SSSR count).